The fourth-order valence-corrected chi connectivity index (χ4v) is 3.34. The van der Waals surface area contributed by atoms with E-state index in [1.165, 1.54) is 0 Å². The first-order valence-corrected chi connectivity index (χ1v) is 9.40. The van der Waals surface area contributed by atoms with Gasteiger partial charge in [-0.1, -0.05) is 41.6 Å². The number of carbonyl (C=O) groups is 2. The molecule has 7 nitrogen and oxygen atoms in total. The molecule has 2 rings (SSSR count). The Morgan fingerprint density at radius 3 is 2.39 bits per heavy atom. The Morgan fingerprint density at radius 1 is 1.18 bits per heavy atom. The van der Waals surface area contributed by atoms with Gasteiger partial charge in [0, 0.05) is 5.56 Å². The average Bonchev–Trinajstić information content (AvgIpc) is 2.66. The predicted octanol–water partition coefficient (Wildman–Crippen LogP) is 3.00. The van der Waals surface area contributed by atoms with Crippen molar-refractivity contribution in [3.05, 3.63) is 41.0 Å². The second kappa shape index (κ2) is 9.54. The van der Waals surface area contributed by atoms with Crippen LogP contribution in [0.3, 0.4) is 0 Å². The van der Waals surface area contributed by atoms with Crippen molar-refractivity contribution >= 4 is 29.3 Å². The van der Waals surface area contributed by atoms with Crippen LogP contribution in [0.2, 0.25) is 0 Å². The Kier molecular flexibility index (Phi) is 7.14. The van der Waals surface area contributed by atoms with E-state index in [9.17, 15) is 20.1 Å². The van der Waals surface area contributed by atoms with Crippen molar-refractivity contribution in [1.82, 2.24) is 4.98 Å². The third kappa shape index (κ3) is 4.87. The minimum atomic E-state index is -0.596. The van der Waals surface area contributed by atoms with Gasteiger partial charge in [0.05, 0.1) is 17.9 Å². The van der Waals surface area contributed by atoms with E-state index < -0.39 is 5.97 Å². The number of Topliss-reactive ketones (excluding diaryl/α,β-unsaturated/α-hetero) is 1. The molecule has 0 unspecified atom stereocenters. The number of aromatic nitrogens is 1. The quantitative estimate of drug-likeness (QED) is 0.431. The molecule has 0 fully saturated rings. The lowest BCUT2D eigenvalue weighted by atomic mass is 9.96. The third-order valence-electron chi connectivity index (χ3n) is 3.77. The molecule has 2 N–H and O–H groups in total. The van der Waals surface area contributed by atoms with E-state index in [0.717, 1.165) is 17.3 Å². The van der Waals surface area contributed by atoms with E-state index >= 15 is 0 Å². The molecule has 1 aromatic heterocycles. The number of nitrogens with zero attached hydrogens (tertiary/aromatic N) is 3. The van der Waals surface area contributed by atoms with Gasteiger partial charge in [0.15, 0.2) is 5.78 Å². The summed E-state index contributed by atoms with van der Waals surface area (Å²) in [6, 6.07) is 11.4. The molecule has 0 saturated carbocycles. The van der Waals surface area contributed by atoms with Crippen LogP contribution >= 0.6 is 11.8 Å². The predicted molar refractivity (Wildman–Crippen MR) is 105 cm³/mol. The summed E-state index contributed by atoms with van der Waals surface area (Å²) in [4.78, 5) is 27.5. The van der Waals surface area contributed by atoms with Crippen LogP contribution in [0, 0.1) is 29.6 Å². The summed E-state index contributed by atoms with van der Waals surface area (Å²) < 4.78 is 4.75. The van der Waals surface area contributed by atoms with Gasteiger partial charge in [-0.2, -0.15) is 10.5 Å². The number of aryl methyl sites for hydroxylation is 1. The molecule has 0 saturated heterocycles. The van der Waals surface area contributed by atoms with E-state index in [-0.39, 0.29) is 46.5 Å². The highest BCUT2D eigenvalue weighted by atomic mass is 32.2. The molecule has 0 radical (unpaired) electrons. The molecule has 28 heavy (non-hydrogen) atoms. The summed E-state index contributed by atoms with van der Waals surface area (Å²) in [5.41, 5.74) is 8.29. The monoisotopic (exact) mass is 394 g/mol. The zero-order valence-electron chi connectivity index (χ0n) is 15.5. The number of carbonyl (C=O) groups excluding carboxylic acids is 2. The molecule has 0 aliphatic carbocycles. The zero-order chi connectivity index (χ0) is 20.7. The average molecular weight is 394 g/mol. The van der Waals surface area contributed by atoms with Crippen LogP contribution in [0.4, 0.5) is 5.82 Å². The summed E-state index contributed by atoms with van der Waals surface area (Å²) in [5.74, 6) is -1.04. The first-order valence-electron chi connectivity index (χ1n) is 8.42. The molecule has 0 atom stereocenters. The van der Waals surface area contributed by atoms with Crippen LogP contribution in [-0.4, -0.2) is 29.1 Å². The van der Waals surface area contributed by atoms with Crippen molar-refractivity contribution in [2.24, 2.45) is 0 Å². The maximum absolute atomic E-state index is 12.0. The van der Waals surface area contributed by atoms with Gasteiger partial charge in [0.25, 0.3) is 0 Å². The molecule has 142 valence electrons. The van der Waals surface area contributed by atoms with Gasteiger partial charge in [-0.05, 0) is 19.4 Å². The second-order valence-electron chi connectivity index (χ2n) is 5.83. The Hall–Kier alpha value is -3.36. The molecule has 0 spiro atoms. The van der Waals surface area contributed by atoms with Gasteiger partial charge < -0.3 is 10.5 Å². The highest BCUT2D eigenvalue weighted by molar-refractivity contribution is 8.00. The molecule has 0 amide bonds. The minimum Gasteiger partial charge on any atom is -0.466 e. The van der Waals surface area contributed by atoms with Crippen molar-refractivity contribution in [3.63, 3.8) is 0 Å². The second-order valence-corrected chi connectivity index (χ2v) is 6.79. The number of hydrogen-bond donors (Lipinski definition) is 1. The van der Waals surface area contributed by atoms with Gasteiger partial charge >= 0.3 is 5.97 Å². The number of nitriles is 2. The van der Waals surface area contributed by atoms with E-state index in [1.54, 1.807) is 19.1 Å². The number of ketones is 1. The number of nitrogens with two attached hydrogens (primary N) is 1. The van der Waals surface area contributed by atoms with Crippen LogP contribution in [0.1, 0.15) is 30.0 Å². The Balaban J connectivity index is 2.40. The molecular formula is C20H18N4O3S. The molecule has 0 aliphatic rings. The lowest BCUT2D eigenvalue weighted by Gasteiger charge is -2.13. The smallest absolute Gasteiger partial charge is 0.313 e. The Labute approximate surface area is 167 Å². The number of hydrogen-bond acceptors (Lipinski definition) is 8. The van der Waals surface area contributed by atoms with Crippen molar-refractivity contribution < 1.29 is 14.3 Å². The summed E-state index contributed by atoms with van der Waals surface area (Å²) >= 11 is 1.00. The van der Waals surface area contributed by atoms with Gasteiger partial charge in [-0.3, -0.25) is 9.59 Å². The lowest BCUT2D eigenvalue weighted by Crippen LogP contribution is -2.13. The van der Waals surface area contributed by atoms with Gasteiger partial charge in [0.1, 0.15) is 35.0 Å². The van der Waals surface area contributed by atoms with Crippen LogP contribution in [0.15, 0.2) is 29.3 Å². The van der Waals surface area contributed by atoms with Crippen molar-refractivity contribution in [1.29, 1.82) is 10.5 Å². The molecule has 2 aromatic rings. The van der Waals surface area contributed by atoms with Crippen LogP contribution < -0.4 is 5.73 Å². The van der Waals surface area contributed by atoms with Crippen molar-refractivity contribution in [3.8, 4) is 23.3 Å². The highest BCUT2D eigenvalue weighted by Crippen LogP contribution is 2.35. The van der Waals surface area contributed by atoms with Gasteiger partial charge in [-0.15, -0.1) is 0 Å². The molecule has 1 heterocycles. The number of anilines is 1. The van der Waals surface area contributed by atoms with Crippen LogP contribution in [0.5, 0.6) is 0 Å². The largest absolute Gasteiger partial charge is 0.466 e. The summed E-state index contributed by atoms with van der Waals surface area (Å²) in [6.45, 7) is 3.79. The van der Waals surface area contributed by atoms with E-state index in [2.05, 4.69) is 11.1 Å². The van der Waals surface area contributed by atoms with Crippen molar-refractivity contribution in [2.75, 3.05) is 18.1 Å². The Bertz CT molecular complexity index is 988. The fourth-order valence-electron chi connectivity index (χ4n) is 2.48. The summed E-state index contributed by atoms with van der Waals surface area (Å²) in [5, 5.41) is 19.4. The Morgan fingerprint density at radius 2 is 1.82 bits per heavy atom. The number of esters is 1. The molecule has 0 bridgehead atoms. The minimum absolute atomic E-state index is 0.0163. The van der Waals surface area contributed by atoms with Gasteiger partial charge in [-0.25, -0.2) is 4.98 Å². The molecule has 0 aliphatic heterocycles. The highest BCUT2D eigenvalue weighted by Gasteiger charge is 2.21. The normalized spacial score (nSPS) is 10.0. The van der Waals surface area contributed by atoms with E-state index in [4.69, 9.17) is 10.5 Å². The maximum atomic E-state index is 12.0. The first kappa shape index (κ1) is 20.9. The van der Waals surface area contributed by atoms with Crippen molar-refractivity contribution in [2.45, 2.75) is 25.3 Å². The zero-order valence-corrected chi connectivity index (χ0v) is 16.3. The van der Waals surface area contributed by atoms with E-state index in [1.807, 2.05) is 25.1 Å². The summed E-state index contributed by atoms with van der Waals surface area (Å²) in [6.07, 6.45) is -0.348. The third-order valence-corrected chi connectivity index (χ3v) is 4.81. The van der Waals surface area contributed by atoms with Crippen LogP contribution in [-0.2, 0) is 14.3 Å². The number of nitrogen functional groups attached to an aromatic ring is 1. The lowest BCUT2D eigenvalue weighted by molar-refractivity contribution is -0.145. The number of pyridine rings is 1. The maximum Gasteiger partial charge on any atom is 0.313 e. The standard InChI is InChI=1S/C20H18N4O3S/c1-3-27-17(26)8-14(25)11-28-20-16(10-22)18(15(9-21)19(23)24-20)13-6-4-12(2)5-7-13/h4-7H,3,8,11H2,1-2H3,(H2,23,24). The number of ether oxygens (including phenoxy) is 1. The molecular weight excluding hydrogens is 376 g/mol. The molecule has 1 aromatic carbocycles. The SMILES string of the molecule is CCOC(=O)CC(=O)CSc1nc(N)c(C#N)c(-c2ccc(C)cc2)c1C#N. The van der Waals surface area contributed by atoms with Crippen LogP contribution in [0.25, 0.3) is 11.1 Å². The summed E-state index contributed by atoms with van der Waals surface area (Å²) in [7, 11) is 0. The number of thioether (sulfide) groups is 1. The topological polar surface area (TPSA) is 130 Å². The molecule has 8 heteroatoms. The first-order chi connectivity index (χ1) is 13.4. The number of rotatable bonds is 7. The fraction of sp³-hybridized carbons (Fsp3) is 0.250. The van der Waals surface area contributed by atoms with Gasteiger partial charge in [0.2, 0.25) is 0 Å². The number of benzene rings is 1. The van der Waals surface area contributed by atoms with E-state index in [0.29, 0.717) is 11.1 Å².